The summed E-state index contributed by atoms with van der Waals surface area (Å²) in [5, 5.41) is 0. The van der Waals surface area contributed by atoms with Crippen molar-refractivity contribution >= 4 is 6.21 Å². The minimum Gasteiger partial charge on any atom is -0.297 e. The van der Waals surface area contributed by atoms with Gasteiger partial charge >= 0.3 is 0 Å². The molecule has 0 unspecified atom stereocenters. The number of hydrogen-bond acceptors (Lipinski definition) is 1. The highest BCUT2D eigenvalue weighted by Crippen LogP contribution is 1.82. The molecule has 0 N–H and O–H groups in total. The molecule has 0 atom stereocenters. The molecule has 0 aliphatic heterocycles. The third-order valence-corrected chi connectivity index (χ3v) is 0.956. The summed E-state index contributed by atoms with van der Waals surface area (Å²) in [6.45, 7) is 9.08. The number of hydrogen-bond donors (Lipinski definition) is 0. The molecule has 0 saturated carbocycles. The maximum absolute atomic E-state index is 4.07. The van der Waals surface area contributed by atoms with Crippen molar-refractivity contribution in [3.63, 3.8) is 0 Å². The van der Waals surface area contributed by atoms with Crippen LogP contribution in [0.4, 0.5) is 0 Å². The lowest BCUT2D eigenvalue weighted by Gasteiger charge is -1.80. The average molecular weight is 155 g/mol. The van der Waals surface area contributed by atoms with Gasteiger partial charge in [0.25, 0.3) is 0 Å². The van der Waals surface area contributed by atoms with Crippen LogP contribution in [0.1, 0.15) is 40.5 Å². The highest BCUT2D eigenvalue weighted by molar-refractivity contribution is 5.59. The summed E-state index contributed by atoms with van der Waals surface area (Å²) >= 11 is 0. The number of nitrogens with zero attached hydrogens (tertiary/aromatic N) is 1. The first-order chi connectivity index (χ1) is 5.41. The van der Waals surface area contributed by atoms with Crippen LogP contribution < -0.4 is 0 Å². The van der Waals surface area contributed by atoms with Crippen molar-refractivity contribution in [1.29, 1.82) is 0 Å². The molecule has 0 fully saturated rings. The molecule has 0 radical (unpaired) electrons. The van der Waals surface area contributed by atoms with Crippen LogP contribution in [0.5, 0.6) is 0 Å². The van der Waals surface area contributed by atoms with E-state index in [0.717, 1.165) is 19.4 Å². The topological polar surface area (TPSA) is 12.4 Å². The van der Waals surface area contributed by atoms with Crippen LogP contribution in [-0.2, 0) is 0 Å². The first-order valence-corrected chi connectivity index (χ1v) is 4.55. The van der Waals surface area contributed by atoms with Gasteiger partial charge in [-0.1, -0.05) is 32.9 Å². The zero-order valence-electron chi connectivity index (χ0n) is 8.30. The van der Waals surface area contributed by atoms with E-state index in [4.69, 9.17) is 0 Å². The zero-order valence-corrected chi connectivity index (χ0v) is 8.30. The van der Waals surface area contributed by atoms with Crippen LogP contribution in [0, 0.1) is 0 Å². The Morgan fingerprint density at radius 1 is 1.09 bits per heavy atom. The quantitative estimate of drug-likeness (QED) is 0.435. The number of allylic oxidation sites excluding steroid dienone is 2. The molecule has 0 aromatic carbocycles. The lowest BCUT2D eigenvalue weighted by Crippen LogP contribution is -1.71. The summed E-state index contributed by atoms with van der Waals surface area (Å²) in [7, 11) is 0. The molecule has 0 aromatic rings. The molecule has 0 aliphatic rings. The summed E-state index contributed by atoms with van der Waals surface area (Å²) in [4.78, 5) is 4.07. The summed E-state index contributed by atoms with van der Waals surface area (Å²) in [5.41, 5.74) is 0. The second kappa shape index (κ2) is 16.2. The fourth-order valence-corrected chi connectivity index (χ4v) is 0.527. The normalized spacial score (nSPS) is 10.2. The van der Waals surface area contributed by atoms with Crippen LogP contribution in [-0.4, -0.2) is 12.8 Å². The van der Waals surface area contributed by atoms with Crippen molar-refractivity contribution < 1.29 is 0 Å². The van der Waals surface area contributed by atoms with E-state index in [2.05, 4.69) is 24.1 Å². The summed E-state index contributed by atoms with van der Waals surface area (Å²) < 4.78 is 0. The Morgan fingerprint density at radius 3 is 2.18 bits per heavy atom. The van der Waals surface area contributed by atoms with Crippen molar-refractivity contribution in [3.05, 3.63) is 12.2 Å². The molecule has 11 heavy (non-hydrogen) atoms. The van der Waals surface area contributed by atoms with Gasteiger partial charge in [-0.2, -0.15) is 0 Å². The zero-order chi connectivity index (χ0) is 8.95. The standard InChI is InChI=1S/C8H15N.C2H6/c1-3-5-6-7-8-9-4-2;1-2/h5-6,8H,3-4,7H2,1-2H3;1-2H3/b6-5-,9-8?;. The summed E-state index contributed by atoms with van der Waals surface area (Å²) in [6.07, 6.45) is 8.36. The van der Waals surface area contributed by atoms with Gasteiger partial charge in [0.1, 0.15) is 0 Å². The lowest BCUT2D eigenvalue weighted by atomic mass is 10.3. The van der Waals surface area contributed by atoms with E-state index in [-0.39, 0.29) is 0 Å². The van der Waals surface area contributed by atoms with Gasteiger partial charge < -0.3 is 0 Å². The largest absolute Gasteiger partial charge is 0.297 e. The smallest absolute Gasteiger partial charge is 0.0357 e. The van der Waals surface area contributed by atoms with Gasteiger partial charge in [-0.25, -0.2) is 0 Å². The Bertz CT molecular complexity index is 81.0. The van der Waals surface area contributed by atoms with E-state index >= 15 is 0 Å². The Balaban J connectivity index is 0. The molecule has 0 rings (SSSR count). The Hall–Kier alpha value is -0.590. The van der Waals surface area contributed by atoms with Crippen molar-refractivity contribution in [3.8, 4) is 0 Å². The van der Waals surface area contributed by atoms with E-state index in [1.165, 1.54) is 0 Å². The van der Waals surface area contributed by atoms with Gasteiger partial charge in [0.05, 0.1) is 0 Å². The van der Waals surface area contributed by atoms with Crippen molar-refractivity contribution in [1.82, 2.24) is 0 Å². The molecule has 1 nitrogen and oxygen atoms in total. The maximum atomic E-state index is 4.07. The maximum Gasteiger partial charge on any atom is 0.0357 e. The van der Waals surface area contributed by atoms with E-state index in [0.29, 0.717) is 0 Å². The Morgan fingerprint density at radius 2 is 1.73 bits per heavy atom. The van der Waals surface area contributed by atoms with Crippen LogP contribution >= 0.6 is 0 Å². The van der Waals surface area contributed by atoms with Crippen molar-refractivity contribution in [2.75, 3.05) is 6.54 Å². The molecule has 0 amide bonds. The lowest BCUT2D eigenvalue weighted by molar-refractivity contribution is 1.13. The molecule has 0 bridgehead atoms. The van der Waals surface area contributed by atoms with Crippen LogP contribution in [0.2, 0.25) is 0 Å². The van der Waals surface area contributed by atoms with Crippen LogP contribution in [0.25, 0.3) is 0 Å². The Kier molecular flexibility index (Phi) is 19.2. The van der Waals surface area contributed by atoms with Gasteiger partial charge in [-0.05, 0) is 13.3 Å². The van der Waals surface area contributed by atoms with Gasteiger partial charge in [0.15, 0.2) is 0 Å². The molecule has 0 heterocycles. The van der Waals surface area contributed by atoms with Gasteiger partial charge in [-0.15, -0.1) is 0 Å². The molecule has 1 heteroatoms. The summed E-state index contributed by atoms with van der Waals surface area (Å²) in [6, 6.07) is 0. The van der Waals surface area contributed by atoms with E-state index in [9.17, 15) is 0 Å². The first-order valence-electron chi connectivity index (χ1n) is 4.55. The molecular formula is C10H21N. The van der Waals surface area contributed by atoms with Crippen LogP contribution in [0.3, 0.4) is 0 Å². The van der Waals surface area contributed by atoms with Gasteiger partial charge in [0, 0.05) is 19.2 Å². The summed E-state index contributed by atoms with van der Waals surface area (Å²) in [5.74, 6) is 0. The first kappa shape index (κ1) is 13.0. The minimum atomic E-state index is 0.903. The molecule has 0 spiro atoms. The Labute approximate surface area is 71.2 Å². The van der Waals surface area contributed by atoms with Crippen molar-refractivity contribution in [2.45, 2.75) is 40.5 Å². The number of aliphatic imine (C=N–C) groups is 1. The van der Waals surface area contributed by atoms with E-state index in [1.807, 2.05) is 27.0 Å². The fraction of sp³-hybridized carbons (Fsp3) is 0.700. The minimum absolute atomic E-state index is 0.903. The molecule has 0 saturated heterocycles. The second-order valence-corrected chi connectivity index (χ2v) is 1.80. The third-order valence-electron chi connectivity index (χ3n) is 0.956. The third kappa shape index (κ3) is 17.7. The van der Waals surface area contributed by atoms with Gasteiger partial charge in [-0.3, -0.25) is 4.99 Å². The van der Waals surface area contributed by atoms with Crippen LogP contribution in [0.15, 0.2) is 17.1 Å². The molecule has 0 aromatic heterocycles. The monoisotopic (exact) mass is 155 g/mol. The predicted molar refractivity (Wildman–Crippen MR) is 54.4 cm³/mol. The average Bonchev–Trinajstić information content (AvgIpc) is 2.08. The number of rotatable bonds is 4. The fourth-order valence-electron chi connectivity index (χ4n) is 0.527. The SMILES string of the molecule is CC.CC/C=C\CC=NCC. The molecular weight excluding hydrogens is 134 g/mol. The predicted octanol–water partition coefficient (Wildman–Crippen LogP) is 3.46. The van der Waals surface area contributed by atoms with E-state index < -0.39 is 0 Å². The highest BCUT2D eigenvalue weighted by Gasteiger charge is 1.68. The highest BCUT2D eigenvalue weighted by atomic mass is 14.7. The second-order valence-electron chi connectivity index (χ2n) is 1.80. The van der Waals surface area contributed by atoms with Gasteiger partial charge in [0.2, 0.25) is 0 Å². The molecule has 0 aliphatic carbocycles. The molecule has 66 valence electrons. The van der Waals surface area contributed by atoms with Crippen molar-refractivity contribution in [2.24, 2.45) is 4.99 Å². The van der Waals surface area contributed by atoms with E-state index in [1.54, 1.807) is 0 Å².